The molecule has 3 rings (SSSR count). The Balaban J connectivity index is 1.65. The number of carbonyl (C=O) groups is 3. The highest BCUT2D eigenvalue weighted by atomic mass is 16.2. The molecule has 1 saturated carbocycles. The Labute approximate surface area is 122 Å². The molecule has 0 aromatic heterocycles. The lowest BCUT2D eigenvalue weighted by Gasteiger charge is -2.15. The minimum Gasteiger partial charge on any atom is -0.373 e. The molecule has 1 saturated heterocycles. The lowest BCUT2D eigenvalue weighted by molar-refractivity contribution is -0.139. The predicted octanol–water partition coefficient (Wildman–Crippen LogP) is 1.35. The van der Waals surface area contributed by atoms with E-state index >= 15 is 0 Å². The molecule has 1 aliphatic carbocycles. The summed E-state index contributed by atoms with van der Waals surface area (Å²) in [5.74, 6) is -0.351. The first kappa shape index (κ1) is 13.6. The van der Waals surface area contributed by atoms with Gasteiger partial charge in [0, 0.05) is 24.3 Å². The van der Waals surface area contributed by atoms with Crippen LogP contribution in [0, 0.1) is 0 Å². The topological polar surface area (TPSA) is 78.5 Å². The summed E-state index contributed by atoms with van der Waals surface area (Å²) in [7, 11) is 0. The fraction of sp³-hybridized carbons (Fsp3) is 0.400. The van der Waals surface area contributed by atoms with Crippen LogP contribution in [0.4, 0.5) is 11.4 Å². The van der Waals surface area contributed by atoms with Crippen LogP contribution in [0.5, 0.6) is 0 Å². The zero-order chi connectivity index (χ0) is 15.0. The second-order valence-electron chi connectivity index (χ2n) is 5.49. The number of rotatable bonds is 4. The molecule has 1 heterocycles. The van der Waals surface area contributed by atoms with Gasteiger partial charge < -0.3 is 10.6 Å². The van der Waals surface area contributed by atoms with Crippen molar-refractivity contribution in [1.82, 2.24) is 4.90 Å². The van der Waals surface area contributed by atoms with E-state index in [9.17, 15) is 14.4 Å². The summed E-state index contributed by atoms with van der Waals surface area (Å²) >= 11 is 0. The number of anilines is 2. The van der Waals surface area contributed by atoms with Crippen molar-refractivity contribution < 1.29 is 14.4 Å². The van der Waals surface area contributed by atoms with Crippen molar-refractivity contribution in [3.8, 4) is 0 Å². The number of hydrogen-bond acceptors (Lipinski definition) is 4. The highest BCUT2D eigenvalue weighted by Gasteiger charge is 2.46. The zero-order valence-electron chi connectivity index (χ0n) is 11.8. The third kappa shape index (κ3) is 2.89. The van der Waals surface area contributed by atoms with Crippen LogP contribution >= 0.6 is 0 Å². The number of nitrogens with zero attached hydrogens (tertiary/aromatic N) is 1. The zero-order valence-corrected chi connectivity index (χ0v) is 11.8. The molecule has 2 fully saturated rings. The summed E-state index contributed by atoms with van der Waals surface area (Å²) < 4.78 is 0. The van der Waals surface area contributed by atoms with Gasteiger partial charge in [-0.05, 0) is 37.1 Å². The van der Waals surface area contributed by atoms with Gasteiger partial charge in [0.15, 0.2) is 0 Å². The standard InChI is InChI=1S/C15H17N3O3/c1-9(19)16-10-2-4-11(5-3-10)17-13-8-14(20)18(15(13)21)12-6-7-12/h2-5,12-13,17H,6-8H2,1H3,(H,16,19)/t13-/m0/s1. The van der Waals surface area contributed by atoms with Crippen LogP contribution in [0.2, 0.25) is 0 Å². The van der Waals surface area contributed by atoms with Crippen LogP contribution < -0.4 is 10.6 Å². The Morgan fingerprint density at radius 2 is 1.76 bits per heavy atom. The molecule has 0 spiro atoms. The molecule has 1 aromatic rings. The number of imide groups is 1. The van der Waals surface area contributed by atoms with Crippen LogP contribution in [0.25, 0.3) is 0 Å². The van der Waals surface area contributed by atoms with Gasteiger partial charge in [0.2, 0.25) is 11.8 Å². The second-order valence-corrected chi connectivity index (χ2v) is 5.49. The van der Waals surface area contributed by atoms with Crippen LogP contribution in [-0.4, -0.2) is 34.7 Å². The van der Waals surface area contributed by atoms with E-state index in [1.54, 1.807) is 24.3 Å². The third-order valence-corrected chi connectivity index (χ3v) is 3.64. The molecular formula is C15H17N3O3. The Morgan fingerprint density at radius 3 is 2.33 bits per heavy atom. The van der Waals surface area contributed by atoms with Crippen molar-refractivity contribution in [3.05, 3.63) is 24.3 Å². The molecule has 1 aliphatic heterocycles. The van der Waals surface area contributed by atoms with Gasteiger partial charge in [0.05, 0.1) is 6.42 Å². The molecule has 1 aromatic carbocycles. The monoisotopic (exact) mass is 287 g/mol. The Kier molecular flexibility index (Phi) is 3.37. The van der Waals surface area contributed by atoms with Crippen LogP contribution in [0.3, 0.4) is 0 Å². The quantitative estimate of drug-likeness (QED) is 0.819. The average molecular weight is 287 g/mol. The first-order valence-corrected chi connectivity index (χ1v) is 7.04. The third-order valence-electron chi connectivity index (χ3n) is 3.64. The van der Waals surface area contributed by atoms with E-state index in [0.717, 1.165) is 18.5 Å². The summed E-state index contributed by atoms with van der Waals surface area (Å²) in [5, 5.41) is 5.77. The lowest BCUT2D eigenvalue weighted by Crippen LogP contribution is -2.36. The summed E-state index contributed by atoms with van der Waals surface area (Å²) in [4.78, 5) is 36.4. The summed E-state index contributed by atoms with van der Waals surface area (Å²) in [6.07, 6.45) is 2.06. The summed E-state index contributed by atoms with van der Waals surface area (Å²) in [5.41, 5.74) is 1.45. The van der Waals surface area contributed by atoms with Crippen LogP contribution in [0.15, 0.2) is 24.3 Å². The lowest BCUT2D eigenvalue weighted by atomic mass is 10.2. The Morgan fingerprint density at radius 1 is 1.14 bits per heavy atom. The predicted molar refractivity (Wildman–Crippen MR) is 77.6 cm³/mol. The SMILES string of the molecule is CC(=O)Nc1ccc(N[C@H]2CC(=O)N(C3CC3)C2=O)cc1. The first-order chi connectivity index (χ1) is 10.0. The molecule has 2 aliphatic rings. The summed E-state index contributed by atoms with van der Waals surface area (Å²) in [6, 6.07) is 6.71. The molecule has 0 unspecified atom stereocenters. The molecule has 0 radical (unpaired) electrons. The Bertz CT molecular complexity index is 593. The maximum Gasteiger partial charge on any atom is 0.252 e. The minimum absolute atomic E-state index is 0.0881. The number of nitrogens with one attached hydrogen (secondary N) is 2. The van der Waals surface area contributed by atoms with Crippen LogP contribution in [0.1, 0.15) is 26.2 Å². The van der Waals surface area contributed by atoms with E-state index in [0.29, 0.717) is 5.69 Å². The number of hydrogen-bond donors (Lipinski definition) is 2. The van der Waals surface area contributed by atoms with Gasteiger partial charge in [0.25, 0.3) is 5.91 Å². The molecule has 110 valence electrons. The highest BCUT2D eigenvalue weighted by Crippen LogP contribution is 2.32. The highest BCUT2D eigenvalue weighted by molar-refractivity contribution is 6.07. The average Bonchev–Trinajstić information content (AvgIpc) is 3.20. The fourth-order valence-electron chi connectivity index (χ4n) is 2.53. The van der Waals surface area contributed by atoms with Gasteiger partial charge in [-0.15, -0.1) is 0 Å². The molecular weight excluding hydrogens is 270 g/mol. The molecule has 21 heavy (non-hydrogen) atoms. The smallest absolute Gasteiger partial charge is 0.252 e. The van der Waals surface area contributed by atoms with Crippen molar-refractivity contribution in [2.75, 3.05) is 10.6 Å². The molecule has 2 N–H and O–H groups in total. The number of amides is 3. The first-order valence-electron chi connectivity index (χ1n) is 7.04. The molecule has 6 heteroatoms. The van der Waals surface area contributed by atoms with Gasteiger partial charge in [-0.1, -0.05) is 0 Å². The van der Waals surface area contributed by atoms with Crippen molar-refractivity contribution in [1.29, 1.82) is 0 Å². The van der Waals surface area contributed by atoms with Crippen molar-refractivity contribution in [3.63, 3.8) is 0 Å². The number of benzene rings is 1. The summed E-state index contributed by atoms with van der Waals surface area (Å²) in [6.45, 7) is 1.45. The van der Waals surface area contributed by atoms with Crippen molar-refractivity contribution in [2.45, 2.75) is 38.3 Å². The normalized spacial score (nSPS) is 21.6. The van der Waals surface area contributed by atoms with Gasteiger partial charge in [-0.2, -0.15) is 0 Å². The van der Waals surface area contributed by atoms with Crippen LogP contribution in [-0.2, 0) is 14.4 Å². The maximum absolute atomic E-state index is 12.2. The molecule has 0 bridgehead atoms. The van der Waals surface area contributed by atoms with E-state index in [-0.39, 0.29) is 30.2 Å². The van der Waals surface area contributed by atoms with E-state index in [1.165, 1.54) is 11.8 Å². The van der Waals surface area contributed by atoms with E-state index in [2.05, 4.69) is 10.6 Å². The van der Waals surface area contributed by atoms with Gasteiger partial charge in [0.1, 0.15) is 6.04 Å². The van der Waals surface area contributed by atoms with E-state index in [4.69, 9.17) is 0 Å². The molecule has 6 nitrogen and oxygen atoms in total. The van der Waals surface area contributed by atoms with Gasteiger partial charge in [-0.3, -0.25) is 19.3 Å². The second kappa shape index (κ2) is 5.20. The number of carbonyl (C=O) groups excluding carboxylic acids is 3. The fourth-order valence-corrected chi connectivity index (χ4v) is 2.53. The van der Waals surface area contributed by atoms with Crippen molar-refractivity contribution in [2.24, 2.45) is 0 Å². The van der Waals surface area contributed by atoms with Gasteiger partial charge >= 0.3 is 0 Å². The Hall–Kier alpha value is -2.37. The number of likely N-dealkylation sites (tertiary alicyclic amines) is 1. The molecule has 3 amide bonds. The minimum atomic E-state index is -0.482. The van der Waals surface area contributed by atoms with E-state index in [1.807, 2.05) is 0 Å². The van der Waals surface area contributed by atoms with E-state index < -0.39 is 6.04 Å². The largest absolute Gasteiger partial charge is 0.373 e. The molecule has 1 atom stereocenters. The maximum atomic E-state index is 12.2. The van der Waals surface area contributed by atoms with Gasteiger partial charge in [-0.25, -0.2) is 0 Å². The van der Waals surface area contributed by atoms with Crippen molar-refractivity contribution >= 4 is 29.1 Å².